The minimum Gasteiger partial charge on any atom is -0.481 e. The first-order valence-corrected chi connectivity index (χ1v) is 8.09. The Bertz CT molecular complexity index is 722. The van der Waals surface area contributed by atoms with E-state index >= 15 is 0 Å². The molecule has 1 rings (SSSR count). The van der Waals surface area contributed by atoms with Gasteiger partial charge in [0.25, 0.3) is 11.9 Å². The molecule has 0 saturated heterocycles. The molecule has 0 aliphatic carbocycles. The van der Waals surface area contributed by atoms with Crippen LogP contribution in [0.15, 0.2) is 29.3 Å². The molecule has 28 heavy (non-hydrogen) atoms. The molecule has 11 nitrogen and oxygen atoms in total. The molecule has 0 bridgehead atoms. The molecule has 0 saturated carbocycles. The van der Waals surface area contributed by atoms with Gasteiger partial charge >= 0.3 is 5.97 Å². The van der Waals surface area contributed by atoms with Crippen LogP contribution in [0.25, 0.3) is 0 Å². The maximum absolute atomic E-state index is 11.9. The molecule has 154 valence electrons. The molecule has 0 aromatic heterocycles. The Labute approximate surface area is 161 Å². The molecule has 1 aromatic carbocycles. The van der Waals surface area contributed by atoms with E-state index in [0.717, 1.165) is 6.92 Å². The minimum absolute atomic E-state index is 0.101. The Morgan fingerprint density at radius 3 is 2.00 bits per heavy atom. The Kier molecular flexibility index (Phi) is 10.3. The number of rotatable bonds is 7. The average Bonchev–Trinajstić information content (AvgIpc) is 2.56. The standard InChI is InChI=1S/C15H21N5O4.C2H4O2/c1-8(2)12(13(16)22)20-11(21)7-24-14(23)9-3-5-10(6-4-9)19-15(17)18;1-2(3)4/h3-6,8,12H,7H2,1-2H3,(H2,16,22)(H,20,21)(H4,17,18,19);1H3,(H,3,4). The molecule has 0 aliphatic heterocycles. The zero-order valence-electron chi connectivity index (χ0n) is 15.8. The van der Waals surface area contributed by atoms with E-state index in [2.05, 4.69) is 10.3 Å². The molecule has 1 atom stereocenters. The number of nitrogens with zero attached hydrogens (tertiary/aromatic N) is 1. The van der Waals surface area contributed by atoms with Crippen LogP contribution < -0.4 is 22.5 Å². The van der Waals surface area contributed by atoms with Crippen LogP contribution in [-0.2, 0) is 19.1 Å². The molecule has 1 unspecified atom stereocenters. The van der Waals surface area contributed by atoms with Crippen molar-refractivity contribution in [2.45, 2.75) is 26.8 Å². The Morgan fingerprint density at radius 1 is 1.11 bits per heavy atom. The summed E-state index contributed by atoms with van der Waals surface area (Å²) in [6.45, 7) is 4.03. The third-order valence-corrected chi connectivity index (χ3v) is 2.99. The molecule has 0 heterocycles. The van der Waals surface area contributed by atoms with Crippen LogP contribution in [0.4, 0.5) is 5.69 Å². The van der Waals surface area contributed by atoms with Crippen LogP contribution in [0.5, 0.6) is 0 Å². The number of guanidine groups is 1. The first-order valence-electron chi connectivity index (χ1n) is 8.09. The van der Waals surface area contributed by atoms with E-state index in [4.69, 9.17) is 31.8 Å². The van der Waals surface area contributed by atoms with Crippen molar-refractivity contribution < 1.29 is 29.0 Å². The van der Waals surface area contributed by atoms with Gasteiger partial charge in [0.15, 0.2) is 12.6 Å². The van der Waals surface area contributed by atoms with Gasteiger partial charge in [-0.25, -0.2) is 9.79 Å². The van der Waals surface area contributed by atoms with E-state index in [0.29, 0.717) is 5.69 Å². The predicted octanol–water partition coefficient (Wildman–Crippen LogP) is -0.535. The monoisotopic (exact) mass is 395 g/mol. The summed E-state index contributed by atoms with van der Waals surface area (Å²) in [5.74, 6) is -3.07. The summed E-state index contributed by atoms with van der Waals surface area (Å²) in [4.78, 5) is 47.6. The lowest BCUT2D eigenvalue weighted by atomic mass is 10.0. The number of hydrogen-bond donors (Lipinski definition) is 5. The predicted molar refractivity (Wildman–Crippen MR) is 101 cm³/mol. The van der Waals surface area contributed by atoms with Gasteiger partial charge in [-0.15, -0.1) is 0 Å². The van der Waals surface area contributed by atoms with Crippen LogP contribution in [0.2, 0.25) is 0 Å². The van der Waals surface area contributed by atoms with Crippen molar-refractivity contribution in [2.75, 3.05) is 6.61 Å². The van der Waals surface area contributed by atoms with Gasteiger partial charge < -0.3 is 32.4 Å². The van der Waals surface area contributed by atoms with Crippen molar-refractivity contribution in [3.8, 4) is 0 Å². The number of primary amides is 1. The van der Waals surface area contributed by atoms with Gasteiger partial charge in [0.2, 0.25) is 5.91 Å². The van der Waals surface area contributed by atoms with Crippen molar-refractivity contribution in [3.05, 3.63) is 29.8 Å². The second kappa shape index (κ2) is 11.9. The number of nitrogens with one attached hydrogen (secondary N) is 1. The van der Waals surface area contributed by atoms with Crippen molar-refractivity contribution in [3.63, 3.8) is 0 Å². The zero-order valence-corrected chi connectivity index (χ0v) is 15.8. The maximum atomic E-state index is 11.9. The maximum Gasteiger partial charge on any atom is 0.338 e. The molecule has 8 N–H and O–H groups in total. The summed E-state index contributed by atoms with van der Waals surface area (Å²) in [6.07, 6.45) is 0. The van der Waals surface area contributed by atoms with Gasteiger partial charge in [-0.05, 0) is 30.2 Å². The summed E-state index contributed by atoms with van der Waals surface area (Å²) in [5, 5.41) is 9.83. The largest absolute Gasteiger partial charge is 0.481 e. The van der Waals surface area contributed by atoms with Gasteiger partial charge in [0.1, 0.15) is 6.04 Å². The molecule has 0 spiro atoms. The van der Waals surface area contributed by atoms with Crippen LogP contribution >= 0.6 is 0 Å². The fourth-order valence-corrected chi connectivity index (χ4v) is 1.82. The Hall–Kier alpha value is -3.63. The first-order chi connectivity index (χ1) is 12.9. The first kappa shape index (κ1) is 24.4. The fourth-order valence-electron chi connectivity index (χ4n) is 1.82. The number of carbonyl (C=O) groups excluding carboxylic acids is 3. The highest BCUT2D eigenvalue weighted by atomic mass is 16.5. The van der Waals surface area contributed by atoms with E-state index < -0.39 is 36.4 Å². The lowest BCUT2D eigenvalue weighted by Gasteiger charge is -2.18. The minimum atomic E-state index is -0.833. The normalized spacial score (nSPS) is 10.7. The van der Waals surface area contributed by atoms with Crippen LogP contribution in [-0.4, -0.2) is 47.5 Å². The number of esters is 1. The van der Waals surface area contributed by atoms with Crippen molar-refractivity contribution >= 4 is 35.4 Å². The molecule has 0 radical (unpaired) electrons. The molecule has 1 aromatic rings. The number of aliphatic imine (C=N–C) groups is 1. The quantitative estimate of drug-likeness (QED) is 0.230. The van der Waals surface area contributed by atoms with Gasteiger partial charge in [0.05, 0.1) is 11.3 Å². The number of ether oxygens (including phenoxy) is 1. The van der Waals surface area contributed by atoms with E-state index in [1.807, 2.05) is 0 Å². The second-order valence-corrected chi connectivity index (χ2v) is 5.87. The summed E-state index contributed by atoms with van der Waals surface area (Å²) in [5.41, 5.74) is 16.4. The van der Waals surface area contributed by atoms with Crippen LogP contribution in [0.3, 0.4) is 0 Å². The lowest BCUT2D eigenvalue weighted by Crippen LogP contribution is -2.48. The van der Waals surface area contributed by atoms with E-state index in [1.165, 1.54) is 24.3 Å². The highest BCUT2D eigenvalue weighted by Crippen LogP contribution is 2.13. The Morgan fingerprint density at radius 2 is 1.61 bits per heavy atom. The molecule has 2 amide bonds. The van der Waals surface area contributed by atoms with E-state index in [9.17, 15) is 14.4 Å². The number of carboxylic acid groups (broad SMARTS) is 1. The van der Waals surface area contributed by atoms with Gasteiger partial charge in [-0.1, -0.05) is 13.8 Å². The number of benzene rings is 1. The smallest absolute Gasteiger partial charge is 0.338 e. The lowest BCUT2D eigenvalue weighted by molar-refractivity contribution is -0.134. The van der Waals surface area contributed by atoms with Crippen LogP contribution in [0.1, 0.15) is 31.1 Å². The topological polar surface area (TPSA) is 200 Å². The molecular weight excluding hydrogens is 370 g/mol. The second-order valence-electron chi connectivity index (χ2n) is 5.87. The summed E-state index contributed by atoms with van der Waals surface area (Å²) in [7, 11) is 0. The zero-order chi connectivity index (χ0) is 21.9. The summed E-state index contributed by atoms with van der Waals surface area (Å²) in [6, 6.07) is 5.15. The number of hydrogen-bond acceptors (Lipinski definition) is 6. The SMILES string of the molecule is CC(=O)O.CC(C)C(NC(=O)COC(=O)c1ccc(N=C(N)N)cc1)C(N)=O. The highest BCUT2D eigenvalue weighted by molar-refractivity contribution is 5.92. The number of carbonyl (C=O) groups is 4. The average molecular weight is 395 g/mol. The molecule has 11 heteroatoms. The number of amides is 2. The van der Waals surface area contributed by atoms with Crippen molar-refractivity contribution in [1.82, 2.24) is 5.32 Å². The number of aliphatic carboxylic acids is 1. The fraction of sp³-hybridized carbons (Fsp3) is 0.353. The van der Waals surface area contributed by atoms with E-state index in [-0.39, 0.29) is 17.4 Å². The highest BCUT2D eigenvalue weighted by Gasteiger charge is 2.22. The van der Waals surface area contributed by atoms with Gasteiger partial charge in [-0.2, -0.15) is 0 Å². The van der Waals surface area contributed by atoms with Gasteiger partial charge in [0, 0.05) is 6.92 Å². The van der Waals surface area contributed by atoms with Crippen molar-refractivity contribution in [2.24, 2.45) is 28.1 Å². The molecule has 0 fully saturated rings. The van der Waals surface area contributed by atoms with Crippen molar-refractivity contribution in [1.29, 1.82) is 0 Å². The van der Waals surface area contributed by atoms with E-state index in [1.54, 1.807) is 13.8 Å². The van der Waals surface area contributed by atoms with Crippen LogP contribution in [0, 0.1) is 5.92 Å². The number of nitrogens with two attached hydrogens (primary N) is 3. The third kappa shape index (κ3) is 10.4. The molecule has 0 aliphatic rings. The third-order valence-electron chi connectivity index (χ3n) is 2.99. The Balaban J connectivity index is 0.00000165. The summed E-state index contributed by atoms with van der Waals surface area (Å²) >= 11 is 0. The molecular formula is C17H25N5O6. The number of carboxylic acids is 1. The van der Waals surface area contributed by atoms with Gasteiger partial charge in [-0.3, -0.25) is 14.4 Å². The summed E-state index contributed by atoms with van der Waals surface area (Å²) < 4.78 is 4.88.